The first-order valence-corrected chi connectivity index (χ1v) is 24.9. The van der Waals surface area contributed by atoms with Crippen molar-refractivity contribution in [2.24, 2.45) is 0 Å². The molecule has 348 valence electrons. The molecule has 7 heteroatoms. The molecular formula is C66H45N3O4. The van der Waals surface area contributed by atoms with Crippen molar-refractivity contribution in [3.05, 3.63) is 258 Å². The van der Waals surface area contributed by atoms with Gasteiger partial charge in [-0.2, -0.15) is 0 Å². The zero-order valence-corrected chi connectivity index (χ0v) is 39.7. The molecular weight excluding hydrogens is 899 g/mol. The number of benzene rings is 8. The summed E-state index contributed by atoms with van der Waals surface area (Å²) in [6.45, 7) is 0. The van der Waals surface area contributed by atoms with Crippen LogP contribution in [0.3, 0.4) is 0 Å². The van der Waals surface area contributed by atoms with E-state index in [1.54, 1.807) is 0 Å². The Kier molecular flexibility index (Phi) is 9.67. The summed E-state index contributed by atoms with van der Waals surface area (Å²) in [5, 5.41) is 2.94. The Hall–Kier alpha value is -9.07. The Morgan fingerprint density at radius 3 is 1.01 bits per heavy atom. The monoisotopic (exact) mass is 943 g/mol. The van der Waals surface area contributed by atoms with Gasteiger partial charge >= 0.3 is 11.9 Å². The van der Waals surface area contributed by atoms with Crippen molar-refractivity contribution in [1.82, 2.24) is 15.0 Å². The van der Waals surface area contributed by atoms with Gasteiger partial charge in [-0.15, -0.1) is 0 Å². The first kappa shape index (κ1) is 42.8. The minimum atomic E-state index is -1.04. The van der Waals surface area contributed by atoms with Crippen molar-refractivity contribution in [2.75, 3.05) is 0 Å². The second-order valence-electron chi connectivity index (χ2n) is 19.9. The van der Waals surface area contributed by atoms with Crippen molar-refractivity contribution in [2.45, 2.75) is 41.9 Å². The number of para-hydroxylation sites is 5. The molecule has 0 bridgehead atoms. The van der Waals surface area contributed by atoms with Gasteiger partial charge in [0.2, 0.25) is 0 Å². The van der Waals surface area contributed by atoms with E-state index < -0.39 is 16.2 Å². The van der Waals surface area contributed by atoms with Gasteiger partial charge in [0, 0.05) is 49.1 Å². The van der Waals surface area contributed by atoms with Crippen LogP contribution in [0.4, 0.5) is 0 Å². The van der Waals surface area contributed by atoms with Gasteiger partial charge in [0.15, 0.2) is 0 Å². The van der Waals surface area contributed by atoms with E-state index in [2.05, 4.69) is 133 Å². The van der Waals surface area contributed by atoms with E-state index in [1.807, 2.05) is 91.0 Å². The lowest BCUT2D eigenvalue weighted by Gasteiger charge is -2.46. The molecule has 2 atom stereocenters. The first-order valence-electron chi connectivity index (χ1n) is 24.9. The molecule has 11 aromatic rings. The molecule has 3 aliphatic carbocycles. The number of carbonyl (C=O) groups excluding carboxylic acids is 2. The number of hydrogen-bond acceptors (Lipinski definition) is 7. The maximum Gasteiger partial charge on any atom is 0.312 e. The van der Waals surface area contributed by atoms with Crippen molar-refractivity contribution in [1.29, 1.82) is 0 Å². The topological polar surface area (TPSA) is 91.3 Å². The summed E-state index contributed by atoms with van der Waals surface area (Å²) in [6, 6.07) is 75.7. The van der Waals surface area contributed by atoms with Crippen molar-refractivity contribution in [3.8, 4) is 45.3 Å². The molecule has 0 radical (unpaired) electrons. The summed E-state index contributed by atoms with van der Waals surface area (Å²) in [7, 11) is 0. The summed E-state index contributed by atoms with van der Waals surface area (Å²) in [5.41, 5.74) is 11.1. The Bertz CT molecular complexity index is 3870. The van der Waals surface area contributed by atoms with Gasteiger partial charge in [-0.3, -0.25) is 9.59 Å². The fourth-order valence-corrected chi connectivity index (χ4v) is 13.0. The van der Waals surface area contributed by atoms with Crippen LogP contribution >= 0.6 is 0 Å². The largest absolute Gasteiger partial charge is 0.426 e. The van der Waals surface area contributed by atoms with Gasteiger partial charge in [-0.05, 0) is 107 Å². The first-order chi connectivity index (χ1) is 35.9. The molecule has 14 rings (SSSR count). The Balaban J connectivity index is 1.09. The lowest BCUT2D eigenvalue weighted by Crippen LogP contribution is -2.45. The van der Waals surface area contributed by atoms with Crippen LogP contribution in [0, 0.1) is 0 Å². The van der Waals surface area contributed by atoms with Crippen molar-refractivity contribution in [3.63, 3.8) is 0 Å². The molecule has 2 unspecified atom stereocenters. The number of pyridine rings is 3. The SMILES string of the molecule is O=C(CC1(CC2(CC3(CC(=O)Oc4ccccc4)c4ccccc4-c4nc5ccccc5cc43)c3ccccc3-c3nc4ccccc4cc32)c2ccccc2-c2nc3ccccc3cc21)Oc1ccccc1. The fraction of sp³-hybridized carbons (Fsp3) is 0.106. The van der Waals surface area contributed by atoms with Gasteiger partial charge in [-0.25, -0.2) is 15.0 Å². The van der Waals surface area contributed by atoms with Crippen LogP contribution < -0.4 is 9.47 Å². The molecule has 0 fully saturated rings. The molecule has 3 aliphatic rings. The molecule has 0 saturated carbocycles. The number of esters is 2. The van der Waals surface area contributed by atoms with Crippen LogP contribution in [-0.4, -0.2) is 26.9 Å². The average Bonchev–Trinajstić information content (AvgIpc) is 3.94. The smallest absolute Gasteiger partial charge is 0.312 e. The normalized spacial score (nSPS) is 18.6. The standard InChI is InChI=1S/C66H45N3O4/c70-59(72-45-22-3-1-4-23-45)38-64(50-29-13-10-26-47(50)61-53(64)35-42-19-7-16-32-56(42)67-61)40-66(52-31-15-12-28-49(52)63-55(66)37-44-21-9-18-34-58(44)69-63)41-65(39-60(71)73-46-24-5-2-6-25-46)51-30-14-11-27-48(51)62-54(65)36-43-20-8-17-33-57(43)68-62/h1-37H,38-41H2. The number of aromatic nitrogens is 3. The third-order valence-electron chi connectivity index (χ3n) is 15.9. The molecule has 0 aliphatic heterocycles. The predicted octanol–water partition coefficient (Wildman–Crippen LogP) is 14.3. The molecule has 8 aromatic carbocycles. The summed E-state index contributed by atoms with van der Waals surface area (Å²) in [6.07, 6.45) is 0.751. The van der Waals surface area contributed by atoms with E-state index in [4.69, 9.17) is 24.4 Å². The van der Waals surface area contributed by atoms with Crippen molar-refractivity contribution < 1.29 is 19.1 Å². The van der Waals surface area contributed by atoms with Crippen LogP contribution in [0.25, 0.3) is 66.5 Å². The number of carbonyl (C=O) groups is 2. The zero-order chi connectivity index (χ0) is 48.7. The van der Waals surface area contributed by atoms with Crippen molar-refractivity contribution >= 4 is 44.6 Å². The summed E-state index contributed by atoms with van der Waals surface area (Å²) < 4.78 is 12.7. The van der Waals surface area contributed by atoms with E-state index >= 15 is 9.59 Å². The Morgan fingerprint density at radius 1 is 0.329 bits per heavy atom. The minimum Gasteiger partial charge on any atom is -0.426 e. The predicted molar refractivity (Wildman–Crippen MR) is 286 cm³/mol. The van der Waals surface area contributed by atoms with Crippen LogP contribution in [0.1, 0.15) is 59.1 Å². The highest BCUT2D eigenvalue weighted by Crippen LogP contribution is 2.66. The van der Waals surface area contributed by atoms with E-state index in [0.717, 1.165) is 99.9 Å². The average molecular weight is 944 g/mol. The van der Waals surface area contributed by atoms with E-state index in [0.29, 0.717) is 24.3 Å². The Morgan fingerprint density at radius 2 is 0.630 bits per heavy atom. The number of fused-ring (bicyclic) bond motifs is 12. The van der Waals surface area contributed by atoms with Gasteiger partial charge in [0.25, 0.3) is 0 Å². The molecule has 3 aromatic heterocycles. The van der Waals surface area contributed by atoms with Crippen LogP contribution in [0.15, 0.2) is 224 Å². The lowest BCUT2D eigenvalue weighted by molar-refractivity contribution is -0.136. The maximum atomic E-state index is 15.3. The van der Waals surface area contributed by atoms with Gasteiger partial charge in [0.1, 0.15) is 11.5 Å². The van der Waals surface area contributed by atoms with E-state index in [1.165, 1.54) is 0 Å². The molecule has 7 nitrogen and oxygen atoms in total. The number of nitrogens with zero attached hydrogens (tertiary/aromatic N) is 3. The molecule has 0 N–H and O–H groups in total. The van der Waals surface area contributed by atoms with E-state index in [-0.39, 0.29) is 24.8 Å². The van der Waals surface area contributed by atoms with Gasteiger partial charge < -0.3 is 9.47 Å². The highest BCUT2D eigenvalue weighted by molar-refractivity contribution is 5.94. The number of hydrogen-bond donors (Lipinski definition) is 0. The second kappa shape index (κ2) is 16.5. The highest BCUT2D eigenvalue weighted by Gasteiger charge is 2.60. The quantitative estimate of drug-likeness (QED) is 0.0996. The molecule has 0 amide bonds. The minimum absolute atomic E-state index is 0.00535. The number of ether oxygens (including phenoxy) is 2. The van der Waals surface area contributed by atoms with Gasteiger partial charge in [0.05, 0.1) is 46.5 Å². The number of rotatable bonds is 10. The zero-order valence-electron chi connectivity index (χ0n) is 39.7. The third kappa shape index (κ3) is 6.69. The third-order valence-corrected chi connectivity index (χ3v) is 15.9. The molecule has 73 heavy (non-hydrogen) atoms. The molecule has 0 spiro atoms. The maximum absolute atomic E-state index is 15.3. The molecule has 0 saturated heterocycles. The lowest BCUT2D eigenvalue weighted by atomic mass is 9.55. The fourth-order valence-electron chi connectivity index (χ4n) is 13.0. The Labute approximate surface area is 421 Å². The molecule has 3 heterocycles. The summed E-state index contributed by atoms with van der Waals surface area (Å²) in [5.74, 6) is 0.215. The van der Waals surface area contributed by atoms with Crippen LogP contribution in [-0.2, 0) is 25.8 Å². The van der Waals surface area contributed by atoms with Crippen LogP contribution in [0.5, 0.6) is 11.5 Å². The summed E-state index contributed by atoms with van der Waals surface area (Å²) >= 11 is 0. The summed E-state index contributed by atoms with van der Waals surface area (Å²) in [4.78, 5) is 47.0. The second-order valence-corrected chi connectivity index (χ2v) is 19.9. The van der Waals surface area contributed by atoms with Gasteiger partial charge in [-0.1, -0.05) is 164 Å². The highest BCUT2D eigenvalue weighted by atomic mass is 16.5. The van der Waals surface area contributed by atoms with Crippen LogP contribution in [0.2, 0.25) is 0 Å². The van der Waals surface area contributed by atoms with E-state index in [9.17, 15) is 0 Å².